The number of nitrogens with zero attached hydrogens (tertiary/aromatic N) is 3. The summed E-state index contributed by atoms with van der Waals surface area (Å²) < 4.78 is 35.0. The van der Waals surface area contributed by atoms with Gasteiger partial charge in [-0.15, -0.1) is 0 Å². The van der Waals surface area contributed by atoms with Crippen LogP contribution in [-0.4, -0.2) is 35.4 Å². The zero-order valence-corrected chi connectivity index (χ0v) is 27.1. The van der Waals surface area contributed by atoms with Gasteiger partial charge in [-0.2, -0.15) is 0 Å². The second-order valence-corrected chi connectivity index (χ2v) is 11.8. The van der Waals surface area contributed by atoms with Gasteiger partial charge >= 0.3 is 5.97 Å². The average Bonchev–Trinajstić information content (AvgIpc) is 3.42. The quantitative estimate of drug-likeness (QED) is 0.231. The van der Waals surface area contributed by atoms with Crippen LogP contribution in [0.15, 0.2) is 68.0 Å². The third-order valence-corrected chi connectivity index (χ3v) is 8.91. The predicted octanol–water partition coefficient (Wildman–Crippen LogP) is 5.51. The Balaban J connectivity index is 1.72. The Morgan fingerprint density at radius 2 is 1.81 bits per heavy atom. The number of aromatic nitrogens is 2. The molecule has 224 valence electrons. The molecule has 1 aliphatic heterocycles. The van der Waals surface area contributed by atoms with Crippen LogP contribution in [0, 0.1) is 19.7 Å². The Labute approximate surface area is 260 Å². The second-order valence-electron chi connectivity index (χ2n) is 9.90. The molecule has 0 amide bonds. The zero-order valence-electron chi connectivity index (χ0n) is 24.7. The number of hydrogen-bond acceptors (Lipinski definition) is 7. The van der Waals surface area contributed by atoms with Crippen molar-refractivity contribution in [1.82, 2.24) is 9.13 Å². The molecule has 0 saturated carbocycles. The number of esters is 1. The molecule has 1 aliphatic rings. The van der Waals surface area contributed by atoms with E-state index in [-0.39, 0.29) is 23.6 Å². The molecule has 0 bridgehead atoms. The number of carbonyl (C=O) groups is 1. The van der Waals surface area contributed by atoms with Crippen molar-refractivity contribution in [2.45, 2.75) is 40.7 Å². The fraction of sp³-hybridized carbons (Fsp3) is 0.281. The Bertz CT molecular complexity index is 1940. The summed E-state index contributed by atoms with van der Waals surface area (Å²) in [6.07, 6.45) is 1.83. The zero-order chi connectivity index (χ0) is 31.0. The molecule has 4 aromatic rings. The smallest absolute Gasteiger partial charge is 0.338 e. The molecule has 0 aliphatic carbocycles. The van der Waals surface area contributed by atoms with Crippen LogP contribution in [0.25, 0.3) is 11.8 Å². The molecule has 8 nitrogen and oxygen atoms in total. The summed E-state index contributed by atoms with van der Waals surface area (Å²) in [7, 11) is 1.54. The van der Waals surface area contributed by atoms with Crippen LogP contribution < -0.4 is 24.4 Å². The topological polar surface area (TPSA) is 84.1 Å². The van der Waals surface area contributed by atoms with Gasteiger partial charge in [0.1, 0.15) is 5.82 Å². The molecule has 43 heavy (non-hydrogen) atoms. The summed E-state index contributed by atoms with van der Waals surface area (Å²) in [5.41, 5.74) is 4.55. The minimum absolute atomic E-state index is 0.171. The van der Waals surface area contributed by atoms with Crippen LogP contribution in [0.4, 0.5) is 4.39 Å². The highest BCUT2D eigenvalue weighted by atomic mass is 79.9. The van der Waals surface area contributed by atoms with Gasteiger partial charge in [-0.05, 0) is 94.3 Å². The number of allylic oxidation sites excluding steroid dienone is 1. The highest BCUT2D eigenvalue weighted by Crippen LogP contribution is 2.41. The standard InChI is InChI=1S/C32H31BrFN3O5S/c1-7-41-26-16-24(33)23(15-25(26)40-6)29-28(31(39)42-8-2)18(4)35-32-37(29)30(38)27(43-32)14-20-13-17(3)36(19(20)5)22-11-9-21(34)10-12-22/h9-16,29H,7-8H2,1-6H3/b27-14+/t29-/m1/s1. The Hall–Kier alpha value is -3.96. The summed E-state index contributed by atoms with van der Waals surface area (Å²) in [4.78, 5) is 32.6. The molecule has 2 aromatic heterocycles. The molecule has 11 heteroatoms. The van der Waals surface area contributed by atoms with E-state index in [1.807, 2.05) is 37.5 Å². The van der Waals surface area contributed by atoms with Crippen LogP contribution in [-0.2, 0) is 9.53 Å². The van der Waals surface area contributed by atoms with Gasteiger partial charge in [-0.1, -0.05) is 27.3 Å². The number of fused-ring (bicyclic) bond motifs is 1. The molecule has 0 spiro atoms. The molecule has 0 saturated heterocycles. The lowest BCUT2D eigenvalue weighted by atomic mass is 9.95. The molecule has 1 atom stereocenters. The molecular formula is C32H31BrFN3O5S. The monoisotopic (exact) mass is 667 g/mol. The van der Waals surface area contributed by atoms with Crippen molar-refractivity contribution in [3.8, 4) is 17.2 Å². The average molecular weight is 669 g/mol. The number of hydrogen-bond donors (Lipinski definition) is 0. The molecule has 0 fully saturated rings. The van der Waals surface area contributed by atoms with Crippen molar-refractivity contribution < 1.29 is 23.4 Å². The van der Waals surface area contributed by atoms with Gasteiger partial charge in [0.2, 0.25) is 0 Å². The molecular weight excluding hydrogens is 637 g/mol. The van der Waals surface area contributed by atoms with E-state index in [2.05, 4.69) is 20.9 Å². The third-order valence-electron chi connectivity index (χ3n) is 7.24. The van der Waals surface area contributed by atoms with Crippen molar-refractivity contribution in [1.29, 1.82) is 0 Å². The number of carbonyl (C=O) groups excluding carboxylic acids is 1. The lowest BCUT2D eigenvalue weighted by Gasteiger charge is -2.26. The Kier molecular flexibility index (Phi) is 8.75. The number of benzene rings is 2. The highest BCUT2D eigenvalue weighted by Gasteiger charge is 2.35. The van der Waals surface area contributed by atoms with Crippen LogP contribution in [0.3, 0.4) is 0 Å². The van der Waals surface area contributed by atoms with Crippen molar-refractivity contribution >= 4 is 39.3 Å². The first-order valence-corrected chi connectivity index (χ1v) is 15.3. The van der Waals surface area contributed by atoms with Gasteiger partial charge < -0.3 is 18.8 Å². The molecule has 5 rings (SSSR count). The van der Waals surface area contributed by atoms with Gasteiger partial charge in [0.15, 0.2) is 16.3 Å². The van der Waals surface area contributed by atoms with E-state index in [4.69, 9.17) is 14.2 Å². The summed E-state index contributed by atoms with van der Waals surface area (Å²) in [5.74, 6) is 0.137. The number of aryl methyl sites for hydroxylation is 1. The van der Waals surface area contributed by atoms with Gasteiger partial charge in [0.25, 0.3) is 5.56 Å². The summed E-state index contributed by atoms with van der Waals surface area (Å²) in [5, 5.41) is 0. The molecule has 2 aromatic carbocycles. The maximum absolute atomic E-state index is 14.2. The maximum atomic E-state index is 14.2. The third kappa shape index (κ3) is 5.59. The fourth-order valence-corrected chi connectivity index (χ4v) is 6.91. The van der Waals surface area contributed by atoms with Gasteiger partial charge in [0, 0.05) is 21.5 Å². The number of methoxy groups -OCH3 is 1. The van der Waals surface area contributed by atoms with Crippen LogP contribution in [0.5, 0.6) is 11.5 Å². The first kappa shape index (κ1) is 30.5. The number of rotatable bonds is 8. The molecule has 0 unspecified atom stereocenters. The van der Waals surface area contributed by atoms with Gasteiger partial charge in [0.05, 0.1) is 42.2 Å². The van der Waals surface area contributed by atoms with E-state index in [1.54, 1.807) is 38.1 Å². The van der Waals surface area contributed by atoms with E-state index >= 15 is 0 Å². The van der Waals surface area contributed by atoms with Crippen LogP contribution in [0.2, 0.25) is 0 Å². The van der Waals surface area contributed by atoms with Gasteiger partial charge in [-0.3, -0.25) is 9.36 Å². The number of thiazole rings is 1. The predicted molar refractivity (Wildman–Crippen MR) is 167 cm³/mol. The van der Waals surface area contributed by atoms with E-state index in [0.717, 1.165) is 22.6 Å². The van der Waals surface area contributed by atoms with Crippen molar-refractivity contribution in [3.63, 3.8) is 0 Å². The van der Waals surface area contributed by atoms with E-state index < -0.39 is 12.0 Å². The minimum Gasteiger partial charge on any atom is -0.493 e. The molecule has 3 heterocycles. The highest BCUT2D eigenvalue weighted by molar-refractivity contribution is 9.10. The SMILES string of the molecule is CCOC(=O)C1=C(C)N=c2s/c(=C/c3cc(C)n(-c4ccc(F)cc4)c3C)c(=O)n2[C@@H]1c1cc(OC)c(OCC)cc1Br. The Morgan fingerprint density at radius 3 is 2.47 bits per heavy atom. The maximum Gasteiger partial charge on any atom is 0.338 e. The normalized spacial score (nSPS) is 14.9. The summed E-state index contributed by atoms with van der Waals surface area (Å²) in [6, 6.07) is 11.0. The molecule has 0 N–H and O–H groups in total. The largest absolute Gasteiger partial charge is 0.493 e. The van der Waals surface area contributed by atoms with E-state index in [9.17, 15) is 14.0 Å². The van der Waals surface area contributed by atoms with Crippen molar-refractivity contribution in [2.24, 2.45) is 4.99 Å². The molecule has 0 radical (unpaired) electrons. The van der Waals surface area contributed by atoms with Crippen molar-refractivity contribution in [3.05, 3.63) is 106 Å². The number of ether oxygens (including phenoxy) is 3. The minimum atomic E-state index is -0.831. The van der Waals surface area contributed by atoms with E-state index in [0.29, 0.717) is 43.2 Å². The summed E-state index contributed by atoms with van der Waals surface area (Å²) in [6.45, 7) is 9.87. The lowest BCUT2D eigenvalue weighted by molar-refractivity contribution is -0.139. The van der Waals surface area contributed by atoms with Gasteiger partial charge in [-0.25, -0.2) is 14.2 Å². The lowest BCUT2D eigenvalue weighted by Crippen LogP contribution is -2.40. The fourth-order valence-electron chi connectivity index (χ4n) is 5.34. The first-order chi connectivity index (χ1) is 20.6. The van der Waals surface area contributed by atoms with Crippen LogP contribution in [0.1, 0.15) is 49.3 Å². The van der Waals surface area contributed by atoms with E-state index in [1.165, 1.54) is 35.1 Å². The summed E-state index contributed by atoms with van der Waals surface area (Å²) >= 11 is 4.90. The first-order valence-electron chi connectivity index (χ1n) is 13.7. The second kappa shape index (κ2) is 12.3. The van der Waals surface area contributed by atoms with Crippen molar-refractivity contribution in [2.75, 3.05) is 20.3 Å². The Morgan fingerprint density at radius 1 is 1.09 bits per heavy atom. The van der Waals surface area contributed by atoms with Crippen LogP contribution >= 0.6 is 27.3 Å². The number of halogens is 2.